The molecular formula is C20H21N5O2. The number of carbonyl (C=O) groups is 1. The molecule has 2 aliphatic heterocycles. The summed E-state index contributed by atoms with van der Waals surface area (Å²) in [6, 6.07) is 7.78. The molecule has 1 N–H and O–H groups in total. The molecule has 0 unspecified atom stereocenters. The van der Waals surface area contributed by atoms with Gasteiger partial charge in [0.15, 0.2) is 0 Å². The van der Waals surface area contributed by atoms with E-state index in [1.54, 1.807) is 0 Å². The Morgan fingerprint density at radius 2 is 2.04 bits per heavy atom. The molecule has 0 aliphatic carbocycles. The number of benzene rings is 1. The molecule has 138 valence electrons. The van der Waals surface area contributed by atoms with Gasteiger partial charge in [-0.15, -0.1) is 0 Å². The number of morpholine rings is 1. The Hall–Kier alpha value is -2.93. The number of carbonyl (C=O) groups excluding carboxylic acids is 1. The lowest BCUT2D eigenvalue weighted by Gasteiger charge is -2.30. The van der Waals surface area contributed by atoms with Crippen LogP contribution in [-0.2, 0) is 17.7 Å². The number of ether oxygens (including phenoxy) is 1. The van der Waals surface area contributed by atoms with E-state index < -0.39 is 0 Å². The second-order valence-electron chi connectivity index (χ2n) is 7.00. The first-order chi connectivity index (χ1) is 13.3. The maximum absolute atomic E-state index is 13.0. The van der Waals surface area contributed by atoms with E-state index in [1.165, 1.54) is 0 Å². The number of anilines is 1. The van der Waals surface area contributed by atoms with Crippen molar-refractivity contribution in [2.24, 2.45) is 0 Å². The van der Waals surface area contributed by atoms with Gasteiger partial charge in [-0.25, -0.2) is 9.97 Å². The van der Waals surface area contributed by atoms with Gasteiger partial charge in [-0.2, -0.15) is 0 Å². The van der Waals surface area contributed by atoms with Crippen LogP contribution in [0.4, 0.5) is 5.95 Å². The first-order valence-corrected chi connectivity index (χ1v) is 9.32. The molecule has 1 amide bonds. The first-order valence-electron chi connectivity index (χ1n) is 9.32. The second-order valence-corrected chi connectivity index (χ2v) is 7.00. The molecule has 4 heterocycles. The molecule has 0 atom stereocenters. The fraction of sp³-hybridized carbons (Fsp3) is 0.350. The summed E-state index contributed by atoms with van der Waals surface area (Å²) in [5.41, 5.74) is 3.84. The highest BCUT2D eigenvalue weighted by atomic mass is 16.5. The quantitative estimate of drug-likeness (QED) is 0.754. The summed E-state index contributed by atoms with van der Waals surface area (Å²) >= 11 is 0. The van der Waals surface area contributed by atoms with Crippen LogP contribution in [0.15, 0.2) is 36.7 Å². The highest BCUT2D eigenvalue weighted by Gasteiger charge is 2.25. The van der Waals surface area contributed by atoms with Gasteiger partial charge in [0.1, 0.15) is 0 Å². The van der Waals surface area contributed by atoms with Crippen LogP contribution in [0.1, 0.15) is 21.6 Å². The van der Waals surface area contributed by atoms with E-state index in [-0.39, 0.29) is 5.91 Å². The van der Waals surface area contributed by atoms with Crippen LogP contribution in [-0.4, -0.2) is 58.6 Å². The van der Waals surface area contributed by atoms with Crippen molar-refractivity contribution in [3.05, 3.63) is 53.5 Å². The second kappa shape index (κ2) is 6.66. The number of nitrogens with one attached hydrogen (secondary N) is 1. The average Bonchev–Trinajstić information content (AvgIpc) is 3.21. The van der Waals surface area contributed by atoms with Gasteiger partial charge in [-0.3, -0.25) is 4.79 Å². The summed E-state index contributed by atoms with van der Waals surface area (Å²) in [6.07, 6.45) is 4.60. The van der Waals surface area contributed by atoms with E-state index in [1.807, 2.05) is 41.6 Å². The van der Waals surface area contributed by atoms with E-state index in [4.69, 9.17) is 9.72 Å². The largest absolute Gasteiger partial charge is 0.378 e. The fourth-order valence-corrected chi connectivity index (χ4v) is 3.75. The lowest BCUT2D eigenvalue weighted by molar-refractivity contribution is 0.0732. The maximum Gasteiger partial charge on any atom is 0.254 e. The van der Waals surface area contributed by atoms with Crippen LogP contribution in [0.3, 0.4) is 0 Å². The molecule has 0 spiro atoms. The van der Waals surface area contributed by atoms with Gasteiger partial charge in [0.2, 0.25) is 5.95 Å². The molecule has 7 nitrogen and oxygen atoms in total. The molecule has 2 aromatic heterocycles. The zero-order chi connectivity index (χ0) is 18.2. The minimum atomic E-state index is 0.0512. The molecule has 5 rings (SSSR count). The van der Waals surface area contributed by atoms with Crippen molar-refractivity contribution in [1.82, 2.24) is 19.9 Å². The van der Waals surface area contributed by atoms with Crippen molar-refractivity contribution in [2.75, 3.05) is 37.7 Å². The third-order valence-electron chi connectivity index (χ3n) is 5.31. The van der Waals surface area contributed by atoms with Gasteiger partial charge >= 0.3 is 0 Å². The van der Waals surface area contributed by atoms with Crippen molar-refractivity contribution >= 4 is 22.8 Å². The van der Waals surface area contributed by atoms with Crippen LogP contribution >= 0.6 is 0 Å². The van der Waals surface area contributed by atoms with Gasteiger partial charge in [0.05, 0.1) is 25.5 Å². The fourth-order valence-electron chi connectivity index (χ4n) is 3.75. The predicted octanol–water partition coefficient (Wildman–Crippen LogP) is 1.99. The lowest BCUT2D eigenvalue weighted by Crippen LogP contribution is -2.39. The number of aromatic amines is 1. The van der Waals surface area contributed by atoms with Gasteiger partial charge in [0, 0.05) is 48.5 Å². The van der Waals surface area contributed by atoms with Crippen molar-refractivity contribution < 1.29 is 9.53 Å². The normalized spacial score (nSPS) is 17.2. The zero-order valence-corrected chi connectivity index (χ0v) is 15.0. The van der Waals surface area contributed by atoms with E-state index in [0.717, 1.165) is 47.6 Å². The molecule has 27 heavy (non-hydrogen) atoms. The molecule has 3 aromatic rings. The number of amides is 1. The topological polar surface area (TPSA) is 74.4 Å². The van der Waals surface area contributed by atoms with Crippen LogP contribution in [0, 0.1) is 0 Å². The van der Waals surface area contributed by atoms with Gasteiger partial charge < -0.3 is 19.5 Å². The number of aromatic nitrogens is 3. The molecule has 1 aromatic carbocycles. The third-order valence-corrected chi connectivity index (χ3v) is 5.31. The summed E-state index contributed by atoms with van der Waals surface area (Å²) in [4.78, 5) is 29.5. The molecule has 0 radical (unpaired) electrons. The minimum Gasteiger partial charge on any atom is -0.378 e. The van der Waals surface area contributed by atoms with E-state index in [0.29, 0.717) is 31.9 Å². The molecule has 7 heteroatoms. The molecule has 0 bridgehead atoms. The molecule has 1 fully saturated rings. The Bertz CT molecular complexity index is 993. The standard InChI is InChI=1S/C20H21N5O2/c26-19(15-1-2-17-14(11-15)3-5-21-17)25-6-4-16-12-22-20(23-18(16)13-25)24-7-9-27-10-8-24/h1-3,5,11-12,21H,4,6-10,13H2. The average molecular weight is 363 g/mol. The highest BCUT2D eigenvalue weighted by molar-refractivity contribution is 5.98. The summed E-state index contributed by atoms with van der Waals surface area (Å²) in [5.74, 6) is 0.787. The van der Waals surface area contributed by atoms with E-state index in [9.17, 15) is 4.79 Å². The van der Waals surface area contributed by atoms with Crippen LogP contribution < -0.4 is 4.90 Å². The highest BCUT2D eigenvalue weighted by Crippen LogP contribution is 2.22. The van der Waals surface area contributed by atoms with E-state index in [2.05, 4.69) is 14.9 Å². The SMILES string of the molecule is O=C(c1ccc2[nH]ccc2c1)N1CCc2cnc(N3CCOCC3)nc2C1. The smallest absolute Gasteiger partial charge is 0.254 e. The number of hydrogen-bond donors (Lipinski definition) is 1. The number of rotatable bonds is 2. The molecule has 1 saturated heterocycles. The monoisotopic (exact) mass is 363 g/mol. The molecular weight excluding hydrogens is 342 g/mol. The maximum atomic E-state index is 13.0. The summed E-state index contributed by atoms with van der Waals surface area (Å²) in [7, 11) is 0. The van der Waals surface area contributed by atoms with Crippen molar-refractivity contribution in [3.63, 3.8) is 0 Å². The van der Waals surface area contributed by atoms with Gasteiger partial charge in [0.25, 0.3) is 5.91 Å². The third kappa shape index (κ3) is 3.04. The molecule has 2 aliphatic rings. The Kier molecular flexibility index (Phi) is 4.01. The number of hydrogen-bond acceptors (Lipinski definition) is 5. The van der Waals surface area contributed by atoms with Crippen molar-refractivity contribution in [1.29, 1.82) is 0 Å². The molecule has 0 saturated carbocycles. The Morgan fingerprint density at radius 1 is 1.15 bits per heavy atom. The van der Waals surface area contributed by atoms with Crippen LogP contribution in [0.25, 0.3) is 10.9 Å². The number of nitrogens with zero attached hydrogens (tertiary/aromatic N) is 4. The minimum absolute atomic E-state index is 0.0512. The summed E-state index contributed by atoms with van der Waals surface area (Å²) < 4.78 is 5.40. The number of fused-ring (bicyclic) bond motifs is 2. The first kappa shape index (κ1) is 16.3. The number of H-pyrrole nitrogens is 1. The Labute approximate surface area is 157 Å². The van der Waals surface area contributed by atoms with Gasteiger partial charge in [-0.1, -0.05) is 0 Å². The summed E-state index contributed by atoms with van der Waals surface area (Å²) in [6.45, 7) is 4.23. The van der Waals surface area contributed by atoms with Crippen LogP contribution in [0.5, 0.6) is 0 Å². The Morgan fingerprint density at radius 3 is 2.93 bits per heavy atom. The predicted molar refractivity (Wildman–Crippen MR) is 102 cm³/mol. The van der Waals surface area contributed by atoms with Gasteiger partial charge in [-0.05, 0) is 36.2 Å². The lowest BCUT2D eigenvalue weighted by atomic mass is 10.1. The zero-order valence-electron chi connectivity index (χ0n) is 15.0. The summed E-state index contributed by atoms with van der Waals surface area (Å²) in [5, 5.41) is 1.05. The van der Waals surface area contributed by atoms with Crippen molar-refractivity contribution in [3.8, 4) is 0 Å². The van der Waals surface area contributed by atoms with E-state index >= 15 is 0 Å². The van der Waals surface area contributed by atoms with Crippen molar-refractivity contribution in [2.45, 2.75) is 13.0 Å². The van der Waals surface area contributed by atoms with Crippen LogP contribution in [0.2, 0.25) is 0 Å². The Balaban J connectivity index is 1.38.